The van der Waals surface area contributed by atoms with Gasteiger partial charge in [-0.25, -0.2) is 4.39 Å². The molecular weight excluding hydrogens is 257 g/mol. The molecule has 0 heterocycles. The molecule has 0 aliphatic heterocycles. The molecule has 2 N–H and O–H groups in total. The first kappa shape index (κ1) is 14.3. The highest BCUT2D eigenvalue weighted by atomic mass is 19.1. The van der Waals surface area contributed by atoms with Crippen molar-refractivity contribution in [2.75, 3.05) is 6.61 Å². The first-order valence-corrected chi connectivity index (χ1v) is 6.62. The van der Waals surface area contributed by atoms with E-state index in [0.717, 1.165) is 12.2 Å². The van der Waals surface area contributed by atoms with Gasteiger partial charge >= 0.3 is 0 Å². The van der Waals surface area contributed by atoms with Gasteiger partial charge in [0.05, 0.1) is 6.61 Å². The van der Waals surface area contributed by atoms with E-state index in [0.29, 0.717) is 23.7 Å². The number of hydrogen-bond acceptors (Lipinski definition) is 3. The molecule has 2 aromatic rings. The molecule has 4 heteroatoms. The van der Waals surface area contributed by atoms with E-state index in [1.54, 1.807) is 6.07 Å². The Morgan fingerprint density at radius 1 is 1.05 bits per heavy atom. The number of nitrogens with two attached hydrogens (primary N) is 1. The maximum absolute atomic E-state index is 13.1. The summed E-state index contributed by atoms with van der Waals surface area (Å²) in [7, 11) is 0. The zero-order valence-electron chi connectivity index (χ0n) is 11.4. The third kappa shape index (κ3) is 3.71. The Kier molecular flexibility index (Phi) is 4.96. The van der Waals surface area contributed by atoms with Crippen molar-refractivity contribution in [1.82, 2.24) is 0 Å². The molecule has 2 aromatic carbocycles. The Labute approximate surface area is 118 Å². The molecule has 2 rings (SSSR count). The molecule has 106 valence electrons. The fraction of sp³-hybridized carbons (Fsp3) is 0.250. The Bertz CT molecular complexity index is 555. The van der Waals surface area contributed by atoms with Crippen LogP contribution >= 0.6 is 0 Å². The fourth-order valence-electron chi connectivity index (χ4n) is 1.76. The average molecular weight is 275 g/mol. The van der Waals surface area contributed by atoms with Gasteiger partial charge in [-0.3, -0.25) is 0 Å². The van der Waals surface area contributed by atoms with Crippen LogP contribution in [0.25, 0.3) is 0 Å². The molecule has 0 fully saturated rings. The third-order valence-corrected chi connectivity index (χ3v) is 2.77. The van der Waals surface area contributed by atoms with E-state index in [9.17, 15) is 4.39 Å². The molecule has 0 aliphatic carbocycles. The van der Waals surface area contributed by atoms with Crippen molar-refractivity contribution in [3.8, 4) is 17.2 Å². The number of benzene rings is 2. The summed E-state index contributed by atoms with van der Waals surface area (Å²) in [5, 5.41) is 0. The van der Waals surface area contributed by atoms with Crippen LogP contribution in [-0.2, 0) is 6.54 Å². The van der Waals surface area contributed by atoms with Gasteiger partial charge in [0, 0.05) is 12.1 Å². The SMILES string of the molecule is CCCOc1ccc(Oc2ccc(F)cc2CN)cc1. The largest absolute Gasteiger partial charge is 0.494 e. The average Bonchev–Trinajstić information content (AvgIpc) is 2.48. The van der Waals surface area contributed by atoms with Gasteiger partial charge in [0.2, 0.25) is 0 Å². The summed E-state index contributed by atoms with van der Waals surface area (Å²) in [5.74, 6) is 1.71. The molecule has 0 aromatic heterocycles. The Morgan fingerprint density at radius 3 is 2.40 bits per heavy atom. The van der Waals surface area contributed by atoms with Crippen molar-refractivity contribution in [3.63, 3.8) is 0 Å². The second kappa shape index (κ2) is 6.91. The second-order valence-corrected chi connectivity index (χ2v) is 4.38. The van der Waals surface area contributed by atoms with Crippen LogP contribution in [0, 0.1) is 5.82 Å². The van der Waals surface area contributed by atoms with Crippen LogP contribution in [0.2, 0.25) is 0 Å². The number of halogens is 1. The van der Waals surface area contributed by atoms with Gasteiger partial charge < -0.3 is 15.2 Å². The van der Waals surface area contributed by atoms with Gasteiger partial charge in [-0.05, 0) is 48.9 Å². The molecule has 0 unspecified atom stereocenters. The van der Waals surface area contributed by atoms with E-state index in [1.165, 1.54) is 12.1 Å². The molecule has 0 saturated heterocycles. The Balaban J connectivity index is 2.10. The molecule has 0 radical (unpaired) electrons. The van der Waals surface area contributed by atoms with Gasteiger partial charge in [-0.1, -0.05) is 6.92 Å². The molecule has 3 nitrogen and oxygen atoms in total. The molecule has 0 atom stereocenters. The van der Waals surface area contributed by atoms with Gasteiger partial charge in [0.25, 0.3) is 0 Å². The highest BCUT2D eigenvalue weighted by Gasteiger charge is 2.05. The van der Waals surface area contributed by atoms with E-state index in [2.05, 4.69) is 6.92 Å². The molecule has 0 aliphatic rings. The van der Waals surface area contributed by atoms with Crippen molar-refractivity contribution in [3.05, 3.63) is 53.8 Å². The summed E-state index contributed by atoms with van der Waals surface area (Å²) in [6, 6.07) is 11.6. The van der Waals surface area contributed by atoms with E-state index in [4.69, 9.17) is 15.2 Å². The quantitative estimate of drug-likeness (QED) is 0.870. The van der Waals surface area contributed by atoms with Crippen molar-refractivity contribution >= 4 is 0 Å². The molecule has 0 saturated carbocycles. The third-order valence-electron chi connectivity index (χ3n) is 2.77. The molecular formula is C16H18FNO2. The minimum atomic E-state index is -0.318. The highest BCUT2D eigenvalue weighted by Crippen LogP contribution is 2.27. The first-order chi connectivity index (χ1) is 9.72. The Morgan fingerprint density at radius 2 is 1.75 bits per heavy atom. The number of rotatable bonds is 6. The molecule has 0 spiro atoms. The van der Waals surface area contributed by atoms with Crippen molar-refractivity contribution in [2.24, 2.45) is 5.73 Å². The number of ether oxygens (including phenoxy) is 2. The van der Waals surface area contributed by atoms with Gasteiger partial charge in [0.15, 0.2) is 0 Å². The van der Waals surface area contributed by atoms with E-state index in [-0.39, 0.29) is 12.4 Å². The molecule has 0 bridgehead atoms. The summed E-state index contributed by atoms with van der Waals surface area (Å²) in [4.78, 5) is 0. The Hall–Kier alpha value is -2.07. The van der Waals surface area contributed by atoms with Gasteiger partial charge in [-0.15, -0.1) is 0 Å². The highest BCUT2D eigenvalue weighted by molar-refractivity contribution is 5.39. The van der Waals surface area contributed by atoms with Crippen molar-refractivity contribution in [1.29, 1.82) is 0 Å². The minimum Gasteiger partial charge on any atom is -0.494 e. The lowest BCUT2D eigenvalue weighted by molar-refractivity contribution is 0.317. The maximum Gasteiger partial charge on any atom is 0.132 e. The lowest BCUT2D eigenvalue weighted by Gasteiger charge is -2.11. The van der Waals surface area contributed by atoms with Crippen molar-refractivity contribution in [2.45, 2.75) is 19.9 Å². The second-order valence-electron chi connectivity index (χ2n) is 4.38. The van der Waals surface area contributed by atoms with Crippen LogP contribution in [0.3, 0.4) is 0 Å². The van der Waals surface area contributed by atoms with Gasteiger partial charge in [-0.2, -0.15) is 0 Å². The zero-order valence-corrected chi connectivity index (χ0v) is 11.4. The van der Waals surface area contributed by atoms with Crippen LogP contribution in [-0.4, -0.2) is 6.61 Å². The fourth-order valence-corrected chi connectivity index (χ4v) is 1.76. The van der Waals surface area contributed by atoms with E-state index in [1.807, 2.05) is 24.3 Å². The summed E-state index contributed by atoms with van der Waals surface area (Å²) in [6.45, 7) is 2.97. The van der Waals surface area contributed by atoms with Crippen LogP contribution in [0.15, 0.2) is 42.5 Å². The predicted molar refractivity (Wildman–Crippen MR) is 76.6 cm³/mol. The first-order valence-electron chi connectivity index (χ1n) is 6.62. The monoisotopic (exact) mass is 275 g/mol. The van der Waals surface area contributed by atoms with E-state index < -0.39 is 0 Å². The minimum absolute atomic E-state index is 0.227. The summed E-state index contributed by atoms with van der Waals surface area (Å²) in [6.07, 6.45) is 0.966. The standard InChI is InChI=1S/C16H18FNO2/c1-2-9-19-14-4-6-15(7-5-14)20-16-8-3-13(17)10-12(16)11-18/h3-8,10H,2,9,11,18H2,1H3. The van der Waals surface area contributed by atoms with Crippen molar-refractivity contribution < 1.29 is 13.9 Å². The zero-order chi connectivity index (χ0) is 14.4. The normalized spacial score (nSPS) is 10.3. The van der Waals surface area contributed by atoms with E-state index >= 15 is 0 Å². The summed E-state index contributed by atoms with van der Waals surface area (Å²) >= 11 is 0. The van der Waals surface area contributed by atoms with Crippen LogP contribution in [0.4, 0.5) is 4.39 Å². The topological polar surface area (TPSA) is 44.5 Å². The lowest BCUT2D eigenvalue weighted by Crippen LogP contribution is -2.00. The smallest absolute Gasteiger partial charge is 0.132 e. The van der Waals surface area contributed by atoms with Crippen LogP contribution in [0.1, 0.15) is 18.9 Å². The van der Waals surface area contributed by atoms with Crippen LogP contribution in [0.5, 0.6) is 17.2 Å². The number of hydrogen-bond donors (Lipinski definition) is 1. The summed E-state index contributed by atoms with van der Waals surface area (Å²) < 4.78 is 24.3. The van der Waals surface area contributed by atoms with Crippen LogP contribution < -0.4 is 15.2 Å². The lowest BCUT2D eigenvalue weighted by atomic mass is 10.2. The summed E-state index contributed by atoms with van der Waals surface area (Å²) in [5.41, 5.74) is 6.22. The predicted octanol–water partition coefficient (Wildman–Crippen LogP) is 3.87. The van der Waals surface area contributed by atoms with Gasteiger partial charge in [0.1, 0.15) is 23.1 Å². The molecule has 0 amide bonds. The molecule has 20 heavy (non-hydrogen) atoms. The maximum atomic E-state index is 13.1.